The van der Waals surface area contributed by atoms with Gasteiger partial charge in [0.05, 0.1) is 36.7 Å². The summed E-state index contributed by atoms with van der Waals surface area (Å²) < 4.78 is 17.5. The number of fused-ring (bicyclic) bond motifs is 3. The second-order valence-corrected chi connectivity index (χ2v) is 17.2. The van der Waals surface area contributed by atoms with Crippen molar-refractivity contribution in [1.29, 1.82) is 0 Å². The van der Waals surface area contributed by atoms with Gasteiger partial charge in [-0.05, 0) is 94.3 Å². The van der Waals surface area contributed by atoms with Gasteiger partial charge in [-0.15, -0.1) is 5.92 Å². The molecule has 12 nitrogen and oxygen atoms in total. The molecular formula is C41H61N3O9. The number of rotatable bonds is 8. The van der Waals surface area contributed by atoms with Crippen molar-refractivity contribution in [3.8, 4) is 11.8 Å². The molecule has 9 atom stereocenters. The molecule has 4 saturated carbocycles. The standard InChI is InChI=1S/C41H61N3O9/c1-51-22-23-52-40(50)43-31-20-15-25(10-8-9-21-45)24-30(31)41(39(43)49)32(37(42)47)34-38(48)53-35(27-13-6-3-7-14-27)33(26-11-4-2-5-12-26)44(34)36(41)28-16-18-29(46)19-17-28/h25-36,45-46H,2-7,9,11-24H2,1H3,(H2,42,47)/t25?,28?,29?,30?,31?,32-,33-,34-,35+,36+,41-/m1/s1. The van der Waals surface area contributed by atoms with Crippen LogP contribution in [-0.4, -0.2) is 107 Å². The summed E-state index contributed by atoms with van der Waals surface area (Å²) in [6.45, 7) is 0.0771. The highest BCUT2D eigenvalue weighted by Gasteiger charge is 2.79. The Kier molecular flexibility index (Phi) is 12.0. The number of imide groups is 1. The molecular weight excluding hydrogens is 678 g/mol. The van der Waals surface area contributed by atoms with Crippen molar-refractivity contribution < 1.29 is 43.6 Å². The van der Waals surface area contributed by atoms with Crippen LogP contribution in [0.1, 0.15) is 116 Å². The van der Waals surface area contributed by atoms with Crippen molar-refractivity contribution in [3.05, 3.63) is 0 Å². The van der Waals surface area contributed by atoms with Crippen LogP contribution in [-0.2, 0) is 28.6 Å². The number of esters is 1. The van der Waals surface area contributed by atoms with E-state index in [1.807, 2.05) is 0 Å². The Bertz CT molecular complexity index is 1410. The fourth-order valence-corrected chi connectivity index (χ4v) is 12.5. The Morgan fingerprint density at radius 1 is 0.906 bits per heavy atom. The molecule has 0 aromatic carbocycles. The first-order valence-corrected chi connectivity index (χ1v) is 20.8. The van der Waals surface area contributed by atoms with Crippen molar-refractivity contribution in [3.63, 3.8) is 0 Å². The van der Waals surface area contributed by atoms with Crippen molar-refractivity contribution in [2.45, 2.75) is 152 Å². The minimum absolute atomic E-state index is 0.0319. The van der Waals surface area contributed by atoms with Crippen molar-refractivity contribution >= 4 is 23.9 Å². The molecule has 0 bridgehead atoms. The number of nitrogens with zero attached hydrogens (tertiary/aromatic N) is 2. The van der Waals surface area contributed by atoms with E-state index in [9.17, 15) is 24.6 Å². The third kappa shape index (κ3) is 6.91. The molecule has 4 N–H and O–H groups in total. The number of hydrogen-bond acceptors (Lipinski definition) is 10. The van der Waals surface area contributed by atoms with E-state index >= 15 is 4.79 Å². The lowest BCUT2D eigenvalue weighted by molar-refractivity contribution is -0.190. The lowest BCUT2D eigenvalue weighted by atomic mass is 9.56. The Hall–Kier alpha value is -2.72. The number of cyclic esters (lactones) is 1. The summed E-state index contributed by atoms with van der Waals surface area (Å²) in [5.74, 6) is 3.20. The number of primary amides is 1. The molecule has 0 aromatic heterocycles. The minimum atomic E-state index is -1.50. The van der Waals surface area contributed by atoms with Gasteiger partial charge in [0.1, 0.15) is 18.8 Å². The number of ether oxygens (including phenoxy) is 3. The molecule has 3 aliphatic heterocycles. The van der Waals surface area contributed by atoms with Crippen LogP contribution in [0.2, 0.25) is 0 Å². The summed E-state index contributed by atoms with van der Waals surface area (Å²) in [4.78, 5) is 62.5. The summed E-state index contributed by atoms with van der Waals surface area (Å²) >= 11 is 0. The van der Waals surface area contributed by atoms with E-state index in [2.05, 4.69) is 16.7 Å². The largest absolute Gasteiger partial charge is 0.459 e. The first-order valence-electron chi connectivity index (χ1n) is 20.8. The van der Waals surface area contributed by atoms with E-state index in [0.29, 0.717) is 51.4 Å². The predicted molar refractivity (Wildman–Crippen MR) is 193 cm³/mol. The topological polar surface area (TPSA) is 169 Å². The maximum Gasteiger partial charge on any atom is 0.416 e. The zero-order valence-electron chi connectivity index (χ0n) is 31.5. The molecule has 7 fully saturated rings. The summed E-state index contributed by atoms with van der Waals surface area (Å²) in [5, 5.41) is 20.2. The fourth-order valence-electron chi connectivity index (χ4n) is 12.5. The molecule has 7 rings (SSSR count). The molecule has 0 radical (unpaired) electrons. The number of morpholine rings is 1. The highest BCUT2D eigenvalue weighted by molar-refractivity contribution is 6.04. The third-order valence-electron chi connectivity index (χ3n) is 14.5. The van der Waals surface area contributed by atoms with Gasteiger partial charge in [0, 0.05) is 31.5 Å². The smallest absolute Gasteiger partial charge is 0.416 e. The van der Waals surface area contributed by atoms with Crippen LogP contribution in [0.5, 0.6) is 0 Å². The van der Waals surface area contributed by atoms with Crippen LogP contribution in [0.25, 0.3) is 0 Å². The van der Waals surface area contributed by atoms with E-state index in [1.165, 1.54) is 12.0 Å². The maximum absolute atomic E-state index is 15.8. The zero-order valence-corrected chi connectivity index (χ0v) is 31.5. The summed E-state index contributed by atoms with van der Waals surface area (Å²) in [7, 11) is 1.51. The van der Waals surface area contributed by atoms with Crippen molar-refractivity contribution in [1.82, 2.24) is 9.80 Å². The van der Waals surface area contributed by atoms with Crippen LogP contribution >= 0.6 is 0 Å². The molecule has 3 heterocycles. The van der Waals surface area contributed by atoms with E-state index in [-0.39, 0.29) is 55.6 Å². The number of hydrogen-bond donors (Lipinski definition) is 3. The fraction of sp³-hybridized carbons (Fsp3) is 0.854. The van der Waals surface area contributed by atoms with E-state index in [4.69, 9.17) is 19.9 Å². The van der Waals surface area contributed by atoms with Crippen LogP contribution in [0.3, 0.4) is 0 Å². The van der Waals surface area contributed by atoms with Crippen LogP contribution < -0.4 is 5.73 Å². The number of amides is 3. The van der Waals surface area contributed by atoms with Gasteiger partial charge in [-0.3, -0.25) is 19.3 Å². The molecule has 1 spiro atoms. The van der Waals surface area contributed by atoms with Gasteiger partial charge < -0.3 is 30.2 Å². The second-order valence-electron chi connectivity index (χ2n) is 17.2. The van der Waals surface area contributed by atoms with Gasteiger partial charge in [0.2, 0.25) is 11.8 Å². The lowest BCUT2D eigenvalue weighted by Crippen LogP contribution is -2.66. The highest BCUT2D eigenvalue weighted by Crippen LogP contribution is 2.65. The predicted octanol–water partition coefficient (Wildman–Crippen LogP) is 3.93. The van der Waals surface area contributed by atoms with Crippen LogP contribution in [0.15, 0.2) is 0 Å². The maximum atomic E-state index is 15.8. The van der Waals surface area contributed by atoms with E-state index < -0.39 is 65.4 Å². The number of likely N-dealkylation sites (tertiary alicyclic amines) is 1. The van der Waals surface area contributed by atoms with Gasteiger partial charge >= 0.3 is 12.1 Å². The number of aliphatic hydroxyl groups is 2. The van der Waals surface area contributed by atoms with Crippen LogP contribution in [0.4, 0.5) is 4.79 Å². The molecule has 3 saturated heterocycles. The molecule has 3 unspecified atom stereocenters. The summed E-state index contributed by atoms with van der Waals surface area (Å²) in [6.07, 6.45) is 13.2. The van der Waals surface area contributed by atoms with Gasteiger partial charge in [-0.1, -0.05) is 44.4 Å². The minimum Gasteiger partial charge on any atom is -0.459 e. The first kappa shape index (κ1) is 38.6. The molecule has 3 amide bonds. The van der Waals surface area contributed by atoms with Gasteiger partial charge in [0.15, 0.2) is 0 Å². The van der Waals surface area contributed by atoms with Crippen LogP contribution in [0, 0.1) is 52.8 Å². The average molecular weight is 740 g/mol. The van der Waals surface area contributed by atoms with E-state index in [0.717, 1.165) is 64.2 Å². The zero-order chi connectivity index (χ0) is 37.3. The molecule has 7 aliphatic rings. The monoisotopic (exact) mass is 739 g/mol. The number of aliphatic hydroxyl groups excluding tert-OH is 2. The van der Waals surface area contributed by atoms with Gasteiger partial charge in [-0.2, -0.15) is 0 Å². The lowest BCUT2D eigenvalue weighted by Gasteiger charge is -2.54. The van der Waals surface area contributed by atoms with Gasteiger partial charge in [-0.25, -0.2) is 9.69 Å². The average Bonchev–Trinajstić information content (AvgIpc) is 3.62. The normalized spacial score (nSPS) is 39.6. The molecule has 294 valence electrons. The Morgan fingerprint density at radius 3 is 2.23 bits per heavy atom. The van der Waals surface area contributed by atoms with E-state index in [1.54, 1.807) is 0 Å². The summed E-state index contributed by atoms with van der Waals surface area (Å²) in [5.41, 5.74) is 5.00. The quantitative estimate of drug-likeness (QED) is 0.189. The number of methoxy groups -OCH3 is 1. The number of nitrogens with two attached hydrogens (primary N) is 1. The van der Waals surface area contributed by atoms with Gasteiger partial charge in [0.25, 0.3) is 0 Å². The number of carbonyl (C=O) groups is 4. The summed E-state index contributed by atoms with van der Waals surface area (Å²) in [6, 6.07) is -2.36. The Morgan fingerprint density at radius 2 is 1.58 bits per heavy atom. The molecule has 0 aromatic rings. The Balaban J connectivity index is 1.42. The SMILES string of the molecule is COCCOC(=O)N1C(=O)[C@@]2(C3CC(C#CCCO)CCC31)[C@H](C1CCC(O)CC1)N1[C@H](C3CCCCC3)[C@H](C3CCCCC3)OC(=O)[C@H]1[C@@H]2C(N)=O. The highest BCUT2D eigenvalue weighted by atomic mass is 16.6. The van der Waals surface area contributed by atoms with Crippen molar-refractivity contribution in [2.75, 3.05) is 26.9 Å². The van der Waals surface area contributed by atoms with Crippen molar-refractivity contribution in [2.24, 2.45) is 46.7 Å². The second kappa shape index (κ2) is 16.6. The molecule has 4 aliphatic carbocycles. The number of carbonyl (C=O) groups excluding carboxylic acids is 4. The Labute approximate surface area is 314 Å². The first-order chi connectivity index (χ1) is 25.7. The molecule has 12 heteroatoms. The molecule has 53 heavy (non-hydrogen) atoms. The third-order valence-corrected chi connectivity index (χ3v) is 14.5.